The molecule has 0 bridgehead atoms. The third-order valence-electron chi connectivity index (χ3n) is 5.17. The van der Waals surface area contributed by atoms with Crippen molar-refractivity contribution < 1.29 is 20.4 Å². The topological polar surface area (TPSA) is 80.9 Å². The van der Waals surface area contributed by atoms with Gasteiger partial charge in [0, 0.05) is 0 Å². The largest absolute Gasteiger partial charge is 0.394 e. The second-order valence-corrected chi connectivity index (χ2v) is 8.20. The van der Waals surface area contributed by atoms with Gasteiger partial charge in [-0.3, -0.25) is 0 Å². The van der Waals surface area contributed by atoms with Crippen LogP contribution in [0.15, 0.2) is 0 Å². The smallest absolute Gasteiger partial charge is 0.151 e. The van der Waals surface area contributed by atoms with Crippen molar-refractivity contribution in [2.24, 2.45) is 0 Å². The molecule has 0 aliphatic carbocycles. The Bertz CT molecular complexity index is 259. The van der Waals surface area contributed by atoms with Gasteiger partial charge < -0.3 is 20.4 Å². The maximum absolute atomic E-state index is 9.08. The van der Waals surface area contributed by atoms with E-state index in [9.17, 15) is 0 Å². The predicted octanol–water partition coefficient (Wildman–Crippen LogP) is 6.09. The molecular weight excluding hydrogens is 352 g/mol. The Hall–Kier alpha value is -0.160. The molecule has 172 valence electrons. The van der Waals surface area contributed by atoms with Crippen molar-refractivity contribution in [2.75, 3.05) is 6.61 Å². The van der Waals surface area contributed by atoms with Crippen LogP contribution in [0, 0.1) is 0 Å². The first-order valence-corrected chi connectivity index (χ1v) is 12.2. The zero-order valence-corrected chi connectivity index (χ0v) is 19.1. The van der Waals surface area contributed by atoms with Crippen LogP contribution < -0.4 is 0 Å². The lowest BCUT2D eigenvalue weighted by molar-refractivity contribution is -0.0466. The van der Waals surface area contributed by atoms with Crippen molar-refractivity contribution in [2.45, 2.75) is 148 Å². The first-order chi connectivity index (χ1) is 13.6. The number of hydrogen-bond donors (Lipinski definition) is 4. The molecule has 1 unspecified atom stereocenters. The molecule has 28 heavy (non-hydrogen) atoms. The van der Waals surface area contributed by atoms with E-state index in [0.717, 1.165) is 25.7 Å². The van der Waals surface area contributed by atoms with Crippen LogP contribution >= 0.6 is 0 Å². The van der Waals surface area contributed by atoms with Gasteiger partial charge >= 0.3 is 0 Å². The number of aliphatic hydroxyl groups is 4. The maximum atomic E-state index is 9.08. The lowest BCUT2D eigenvalue weighted by Gasteiger charge is -2.06. The van der Waals surface area contributed by atoms with Gasteiger partial charge in [-0.25, -0.2) is 0 Å². The molecule has 0 saturated carbocycles. The van der Waals surface area contributed by atoms with Gasteiger partial charge in [-0.2, -0.15) is 0 Å². The molecule has 0 amide bonds. The summed E-state index contributed by atoms with van der Waals surface area (Å²) in [4.78, 5) is 0. The highest BCUT2D eigenvalue weighted by Gasteiger charge is 2.00. The third kappa shape index (κ3) is 30.6. The Morgan fingerprint density at radius 1 is 0.464 bits per heavy atom. The minimum absolute atomic E-state index is 0.0868. The highest BCUT2D eigenvalue weighted by Crippen LogP contribution is 2.11. The van der Waals surface area contributed by atoms with Crippen molar-refractivity contribution in [3.8, 4) is 0 Å². The molecular formula is C24H52O4. The number of rotatable bonds is 20. The second kappa shape index (κ2) is 26.8. The van der Waals surface area contributed by atoms with Gasteiger partial charge in [-0.1, -0.05) is 117 Å². The molecule has 0 heterocycles. The fraction of sp³-hybridized carbons (Fsp3) is 1.00. The second-order valence-electron chi connectivity index (χ2n) is 8.20. The SMILES string of the molecule is CCCCCCCCCCC(O)CO.CCCCCCCCCCCC(O)O. The van der Waals surface area contributed by atoms with E-state index in [2.05, 4.69) is 13.8 Å². The first kappa shape index (κ1) is 30.0. The van der Waals surface area contributed by atoms with Crippen LogP contribution in [0.25, 0.3) is 0 Å². The fourth-order valence-corrected chi connectivity index (χ4v) is 3.24. The van der Waals surface area contributed by atoms with Crippen LogP contribution in [0.3, 0.4) is 0 Å². The van der Waals surface area contributed by atoms with E-state index < -0.39 is 12.4 Å². The summed E-state index contributed by atoms with van der Waals surface area (Å²) < 4.78 is 0. The minimum atomic E-state index is -1.10. The van der Waals surface area contributed by atoms with Crippen LogP contribution in [0.4, 0.5) is 0 Å². The van der Waals surface area contributed by atoms with Crippen molar-refractivity contribution in [3.05, 3.63) is 0 Å². The van der Waals surface area contributed by atoms with Gasteiger partial charge in [0.1, 0.15) is 0 Å². The molecule has 0 aliphatic rings. The summed E-state index contributed by atoms with van der Waals surface area (Å²) in [6.07, 6.45) is 21.4. The van der Waals surface area contributed by atoms with Gasteiger partial charge in [-0.15, -0.1) is 0 Å². The van der Waals surface area contributed by atoms with Crippen LogP contribution in [0.5, 0.6) is 0 Å². The van der Waals surface area contributed by atoms with Crippen molar-refractivity contribution in [1.29, 1.82) is 0 Å². The number of unbranched alkanes of at least 4 members (excludes halogenated alkanes) is 15. The molecule has 4 N–H and O–H groups in total. The van der Waals surface area contributed by atoms with Crippen molar-refractivity contribution >= 4 is 0 Å². The Labute approximate surface area is 175 Å². The van der Waals surface area contributed by atoms with E-state index in [4.69, 9.17) is 20.4 Å². The van der Waals surface area contributed by atoms with Crippen LogP contribution in [0.1, 0.15) is 136 Å². The summed E-state index contributed by atoms with van der Waals surface area (Å²) in [6, 6.07) is 0. The molecule has 0 aromatic heterocycles. The molecule has 4 nitrogen and oxygen atoms in total. The molecule has 4 heteroatoms. The molecule has 0 aromatic rings. The molecule has 0 radical (unpaired) electrons. The van der Waals surface area contributed by atoms with Crippen LogP contribution in [0.2, 0.25) is 0 Å². The molecule has 0 aliphatic heterocycles. The monoisotopic (exact) mass is 404 g/mol. The number of aliphatic hydroxyl groups excluding tert-OH is 3. The molecule has 0 fully saturated rings. The van der Waals surface area contributed by atoms with E-state index in [-0.39, 0.29) is 6.61 Å². The molecule has 0 aromatic carbocycles. The highest BCUT2D eigenvalue weighted by molar-refractivity contribution is 4.53. The molecule has 0 spiro atoms. The summed E-state index contributed by atoms with van der Waals surface area (Å²) in [5.74, 6) is 0. The zero-order chi connectivity index (χ0) is 21.3. The van der Waals surface area contributed by atoms with Gasteiger partial charge in [0.25, 0.3) is 0 Å². The van der Waals surface area contributed by atoms with E-state index in [1.165, 1.54) is 89.9 Å². The van der Waals surface area contributed by atoms with Crippen LogP contribution in [-0.4, -0.2) is 39.4 Å². The Kier molecular flexibility index (Phi) is 28.8. The Balaban J connectivity index is 0. The minimum Gasteiger partial charge on any atom is -0.394 e. The summed E-state index contributed by atoms with van der Waals surface area (Å²) in [5.41, 5.74) is 0. The summed E-state index contributed by atoms with van der Waals surface area (Å²) >= 11 is 0. The van der Waals surface area contributed by atoms with Gasteiger partial charge in [-0.05, 0) is 19.3 Å². The summed E-state index contributed by atoms with van der Waals surface area (Å²) in [6.45, 7) is 4.38. The molecule has 0 rings (SSSR count). The Morgan fingerprint density at radius 3 is 1.11 bits per heavy atom. The Morgan fingerprint density at radius 2 is 0.786 bits per heavy atom. The summed E-state index contributed by atoms with van der Waals surface area (Å²) in [7, 11) is 0. The van der Waals surface area contributed by atoms with Gasteiger partial charge in [0.2, 0.25) is 0 Å². The third-order valence-corrected chi connectivity index (χ3v) is 5.17. The fourth-order valence-electron chi connectivity index (χ4n) is 3.24. The van der Waals surface area contributed by atoms with E-state index in [0.29, 0.717) is 6.42 Å². The van der Waals surface area contributed by atoms with Crippen LogP contribution in [-0.2, 0) is 0 Å². The molecule has 0 saturated heterocycles. The van der Waals surface area contributed by atoms with Gasteiger partial charge in [0.15, 0.2) is 6.29 Å². The van der Waals surface area contributed by atoms with Gasteiger partial charge in [0.05, 0.1) is 12.7 Å². The quantitative estimate of drug-likeness (QED) is 0.146. The van der Waals surface area contributed by atoms with E-state index >= 15 is 0 Å². The summed E-state index contributed by atoms with van der Waals surface area (Å²) in [5, 5.41) is 34.9. The normalized spacial score (nSPS) is 12.1. The lowest BCUT2D eigenvalue weighted by Crippen LogP contribution is -2.10. The maximum Gasteiger partial charge on any atom is 0.151 e. The highest BCUT2D eigenvalue weighted by atomic mass is 16.5. The van der Waals surface area contributed by atoms with E-state index in [1.54, 1.807) is 0 Å². The van der Waals surface area contributed by atoms with Crippen molar-refractivity contribution in [1.82, 2.24) is 0 Å². The standard InChI is InChI=1S/2C12H26O2/c1-2-3-4-5-6-7-8-9-10-12(14)11-13;1-2-3-4-5-6-7-8-9-10-11-12(13)14/h2*12-14H,2-11H2,1H3. The van der Waals surface area contributed by atoms with E-state index in [1.807, 2.05) is 0 Å². The molecule has 1 atom stereocenters. The number of hydrogen-bond acceptors (Lipinski definition) is 4. The average molecular weight is 405 g/mol. The first-order valence-electron chi connectivity index (χ1n) is 12.2. The zero-order valence-electron chi connectivity index (χ0n) is 19.1. The predicted molar refractivity (Wildman–Crippen MR) is 120 cm³/mol. The lowest BCUT2D eigenvalue weighted by atomic mass is 10.1. The average Bonchev–Trinajstić information content (AvgIpc) is 2.68. The van der Waals surface area contributed by atoms with Crippen molar-refractivity contribution in [3.63, 3.8) is 0 Å².